The largest absolute Gasteiger partial charge is 0.412 e. The first-order valence-electron chi connectivity index (χ1n) is 8.85. The lowest BCUT2D eigenvalue weighted by molar-refractivity contribution is 0.203. The van der Waals surface area contributed by atoms with Gasteiger partial charge in [0.2, 0.25) is 5.75 Å². The highest BCUT2D eigenvalue weighted by molar-refractivity contribution is 5.92. The van der Waals surface area contributed by atoms with Crippen LogP contribution < -0.4 is 21.5 Å². The van der Waals surface area contributed by atoms with Gasteiger partial charge in [0.25, 0.3) is 0 Å². The van der Waals surface area contributed by atoms with E-state index in [2.05, 4.69) is 25.4 Å². The average molecular weight is 408 g/mol. The summed E-state index contributed by atoms with van der Waals surface area (Å²) in [5.41, 5.74) is 13.1. The van der Waals surface area contributed by atoms with Crippen LogP contribution in [-0.2, 0) is 6.54 Å². The van der Waals surface area contributed by atoms with Crippen LogP contribution in [0.2, 0.25) is 0 Å². The van der Waals surface area contributed by atoms with Gasteiger partial charge in [0.15, 0.2) is 17.5 Å². The van der Waals surface area contributed by atoms with Gasteiger partial charge in [0.05, 0.1) is 12.2 Å². The van der Waals surface area contributed by atoms with Crippen molar-refractivity contribution < 1.29 is 13.9 Å². The van der Waals surface area contributed by atoms with E-state index < -0.39 is 11.9 Å². The summed E-state index contributed by atoms with van der Waals surface area (Å²) in [5, 5.41) is 7.24. The quantitative estimate of drug-likeness (QED) is 0.464. The van der Waals surface area contributed by atoms with E-state index >= 15 is 0 Å². The van der Waals surface area contributed by atoms with Gasteiger partial charge in [-0.05, 0) is 18.2 Å². The molecule has 11 heteroatoms. The Morgan fingerprint density at radius 1 is 1.17 bits per heavy atom. The predicted octanol–water partition coefficient (Wildman–Crippen LogP) is 1.96. The van der Waals surface area contributed by atoms with Crippen molar-refractivity contribution in [1.82, 2.24) is 30.0 Å². The first-order valence-corrected chi connectivity index (χ1v) is 8.85. The molecular weight excluding hydrogens is 391 g/mol. The molecule has 0 radical (unpaired) electrons. The van der Waals surface area contributed by atoms with E-state index in [1.807, 2.05) is 12.1 Å². The molecule has 0 atom stereocenters. The van der Waals surface area contributed by atoms with Crippen LogP contribution in [0.25, 0.3) is 22.4 Å². The number of nitrogens with two attached hydrogens (primary N) is 2. The Morgan fingerprint density at radius 2 is 1.93 bits per heavy atom. The number of hydrogen-bond donors (Lipinski definition) is 3. The number of ether oxygens (including phenoxy) is 1. The van der Waals surface area contributed by atoms with E-state index in [1.54, 1.807) is 24.4 Å². The number of benzene rings is 1. The zero-order valence-electron chi connectivity index (χ0n) is 15.8. The van der Waals surface area contributed by atoms with Gasteiger partial charge in [-0.15, -0.1) is 0 Å². The smallest absolute Gasteiger partial charge is 0.402 e. The number of halogens is 1. The number of nitrogens with one attached hydrogen (secondary N) is 1. The minimum absolute atomic E-state index is 0.0737. The third-order valence-electron chi connectivity index (χ3n) is 4.29. The van der Waals surface area contributed by atoms with E-state index in [-0.39, 0.29) is 41.0 Å². The van der Waals surface area contributed by atoms with Crippen molar-refractivity contribution in [3.63, 3.8) is 0 Å². The van der Waals surface area contributed by atoms with E-state index in [0.717, 1.165) is 0 Å². The number of amides is 1. The number of aromatic nitrogens is 5. The van der Waals surface area contributed by atoms with Crippen molar-refractivity contribution in [2.45, 2.75) is 6.54 Å². The lowest BCUT2D eigenvalue weighted by Crippen LogP contribution is -2.23. The van der Waals surface area contributed by atoms with Gasteiger partial charge in [0.1, 0.15) is 17.0 Å². The molecule has 4 rings (SSSR count). The molecule has 5 N–H and O–H groups in total. The number of anilines is 2. The Kier molecular flexibility index (Phi) is 4.84. The maximum atomic E-state index is 14.6. The van der Waals surface area contributed by atoms with Gasteiger partial charge in [-0.3, -0.25) is 9.67 Å². The fourth-order valence-electron chi connectivity index (χ4n) is 2.96. The van der Waals surface area contributed by atoms with Crippen LogP contribution >= 0.6 is 0 Å². The number of carbonyl (C=O) groups is 1. The topological polar surface area (TPSA) is 147 Å². The predicted molar refractivity (Wildman–Crippen MR) is 108 cm³/mol. The fraction of sp³-hybridized carbons (Fsp3) is 0.105. The highest BCUT2D eigenvalue weighted by Gasteiger charge is 2.21. The molecule has 0 aliphatic rings. The molecule has 0 bridgehead atoms. The van der Waals surface area contributed by atoms with Gasteiger partial charge in [0, 0.05) is 18.6 Å². The third kappa shape index (κ3) is 3.43. The molecule has 0 aliphatic carbocycles. The Bertz CT molecular complexity index is 1220. The molecule has 3 heterocycles. The van der Waals surface area contributed by atoms with Crippen molar-refractivity contribution in [1.29, 1.82) is 0 Å². The molecule has 0 saturated carbocycles. The molecule has 0 unspecified atom stereocenters. The fourth-order valence-corrected chi connectivity index (χ4v) is 2.96. The number of nitrogens with zero attached hydrogens (tertiary/aromatic N) is 5. The van der Waals surface area contributed by atoms with Gasteiger partial charge in [-0.2, -0.15) is 5.10 Å². The van der Waals surface area contributed by atoms with Crippen LogP contribution in [0, 0.1) is 5.82 Å². The second kappa shape index (κ2) is 7.62. The van der Waals surface area contributed by atoms with Crippen molar-refractivity contribution in [2.24, 2.45) is 0 Å². The molecule has 0 aliphatic heterocycles. The molecule has 30 heavy (non-hydrogen) atoms. The average Bonchev–Trinajstić information content (AvgIpc) is 3.10. The van der Waals surface area contributed by atoms with Crippen LogP contribution in [0.15, 0.2) is 42.6 Å². The molecule has 0 fully saturated rings. The molecule has 1 aromatic carbocycles. The lowest BCUT2D eigenvalue weighted by atomic mass is 10.2. The summed E-state index contributed by atoms with van der Waals surface area (Å²) >= 11 is 0. The molecular formula is C19H17FN8O2. The van der Waals surface area contributed by atoms with Crippen molar-refractivity contribution >= 4 is 28.6 Å². The van der Waals surface area contributed by atoms with Crippen LogP contribution in [0.3, 0.4) is 0 Å². The third-order valence-corrected chi connectivity index (χ3v) is 4.29. The van der Waals surface area contributed by atoms with E-state index in [0.29, 0.717) is 11.1 Å². The van der Waals surface area contributed by atoms with E-state index in [1.165, 1.54) is 17.8 Å². The first kappa shape index (κ1) is 19.1. The zero-order valence-corrected chi connectivity index (χ0v) is 15.8. The molecule has 152 valence electrons. The number of hydrogen-bond acceptors (Lipinski definition) is 8. The first-order chi connectivity index (χ1) is 14.5. The van der Waals surface area contributed by atoms with Gasteiger partial charge in [-0.1, -0.05) is 18.2 Å². The molecule has 4 aromatic rings. The zero-order chi connectivity index (χ0) is 21.3. The minimum atomic E-state index is -0.767. The highest BCUT2D eigenvalue weighted by atomic mass is 19.1. The normalized spacial score (nSPS) is 10.9. The van der Waals surface area contributed by atoms with Crippen LogP contribution in [0.1, 0.15) is 5.69 Å². The SMILES string of the molecule is CNC(=O)Oc1c(N)nc(-c2nn(Cc3ccccn3)c3c(F)cccc23)nc1N. The summed E-state index contributed by atoms with van der Waals surface area (Å²) in [6.45, 7) is 0.237. The van der Waals surface area contributed by atoms with Gasteiger partial charge in [-0.25, -0.2) is 19.2 Å². The number of fused-ring (bicyclic) bond motifs is 1. The maximum Gasteiger partial charge on any atom is 0.412 e. The van der Waals surface area contributed by atoms with Crippen LogP contribution in [0.4, 0.5) is 20.8 Å². The second-order valence-electron chi connectivity index (χ2n) is 6.25. The molecule has 3 aromatic heterocycles. The van der Waals surface area contributed by atoms with Crippen LogP contribution in [0.5, 0.6) is 5.75 Å². The monoisotopic (exact) mass is 408 g/mol. The minimum Gasteiger partial charge on any atom is -0.402 e. The number of carbonyl (C=O) groups excluding carboxylic acids is 1. The summed E-state index contributed by atoms with van der Waals surface area (Å²) in [4.78, 5) is 24.0. The number of pyridine rings is 1. The number of nitrogen functional groups attached to an aromatic ring is 2. The van der Waals surface area contributed by atoms with E-state index in [9.17, 15) is 9.18 Å². The van der Waals surface area contributed by atoms with E-state index in [4.69, 9.17) is 16.2 Å². The van der Waals surface area contributed by atoms with Crippen molar-refractivity contribution in [2.75, 3.05) is 18.5 Å². The Labute approximate surface area is 169 Å². The molecule has 0 saturated heterocycles. The van der Waals surface area contributed by atoms with Crippen LogP contribution in [-0.4, -0.2) is 37.9 Å². The van der Waals surface area contributed by atoms with Crippen molar-refractivity contribution in [3.8, 4) is 17.3 Å². The second-order valence-corrected chi connectivity index (χ2v) is 6.25. The van der Waals surface area contributed by atoms with Gasteiger partial charge < -0.3 is 21.5 Å². The summed E-state index contributed by atoms with van der Waals surface area (Å²) in [5.74, 6) is -0.844. The standard InChI is InChI=1S/C19H17FN8O2/c1-23-19(29)30-15-16(21)25-18(26-17(15)22)13-11-6-4-7-12(20)14(11)28(27-13)9-10-5-2-3-8-24-10/h2-8H,9H2,1H3,(H,23,29)(H4,21,22,25,26). The van der Waals surface area contributed by atoms with Gasteiger partial charge >= 0.3 is 6.09 Å². The van der Waals surface area contributed by atoms with Crippen molar-refractivity contribution in [3.05, 3.63) is 54.1 Å². The maximum absolute atomic E-state index is 14.6. The summed E-state index contributed by atoms with van der Waals surface area (Å²) in [6, 6.07) is 10.0. The lowest BCUT2D eigenvalue weighted by Gasteiger charge is -2.09. The Hall–Kier alpha value is -4.28. The molecule has 10 nitrogen and oxygen atoms in total. The Balaban J connectivity index is 1.84. The Morgan fingerprint density at radius 3 is 2.60 bits per heavy atom. The summed E-state index contributed by atoms with van der Waals surface area (Å²) in [7, 11) is 1.39. The number of para-hydroxylation sites is 1. The highest BCUT2D eigenvalue weighted by Crippen LogP contribution is 2.32. The summed E-state index contributed by atoms with van der Waals surface area (Å²) in [6.07, 6.45) is 0.880. The summed E-state index contributed by atoms with van der Waals surface area (Å²) < 4.78 is 21.1. The molecule has 1 amide bonds. The molecule has 0 spiro atoms. The number of rotatable bonds is 4.